The van der Waals surface area contributed by atoms with Gasteiger partial charge in [0.1, 0.15) is 0 Å². The molecule has 0 aliphatic carbocycles. The van der Waals surface area contributed by atoms with Crippen LogP contribution >= 0.6 is 0 Å². The highest BCUT2D eigenvalue weighted by molar-refractivity contribution is 5.82. The van der Waals surface area contributed by atoms with Crippen molar-refractivity contribution in [2.24, 2.45) is 5.92 Å². The third kappa shape index (κ3) is 3.82. The van der Waals surface area contributed by atoms with Gasteiger partial charge in [0.25, 0.3) is 0 Å². The number of carbonyl (C=O) groups excluding carboxylic acids is 1. The van der Waals surface area contributed by atoms with Gasteiger partial charge >= 0.3 is 6.18 Å². The molecule has 1 heterocycles. The van der Waals surface area contributed by atoms with Crippen LogP contribution in [0, 0.1) is 5.92 Å². The molecule has 1 saturated heterocycles. The standard InChI is InChI=1S/C12H21F3N2O2/c1-11(2,7-18)17(3)10(19)9-5-4-8(6-16-9)12(13,14)15/h8-9,16,18H,4-7H2,1-3H3. The summed E-state index contributed by atoms with van der Waals surface area (Å²) in [6.07, 6.45) is -4.09. The van der Waals surface area contributed by atoms with Gasteiger partial charge in [0, 0.05) is 13.6 Å². The summed E-state index contributed by atoms with van der Waals surface area (Å²) in [5.41, 5.74) is -0.723. The van der Waals surface area contributed by atoms with Crippen LogP contribution in [0.2, 0.25) is 0 Å². The second-order valence-electron chi connectivity index (χ2n) is 5.64. The maximum atomic E-state index is 12.5. The van der Waals surface area contributed by atoms with Crippen LogP contribution in [0.15, 0.2) is 0 Å². The second kappa shape index (κ2) is 5.66. The fourth-order valence-corrected chi connectivity index (χ4v) is 1.98. The first-order chi connectivity index (χ1) is 8.59. The maximum Gasteiger partial charge on any atom is 0.393 e. The summed E-state index contributed by atoms with van der Waals surface area (Å²) in [5, 5.41) is 11.9. The monoisotopic (exact) mass is 282 g/mol. The Morgan fingerprint density at radius 3 is 2.32 bits per heavy atom. The van der Waals surface area contributed by atoms with E-state index in [-0.39, 0.29) is 31.9 Å². The van der Waals surface area contributed by atoms with Crippen molar-refractivity contribution in [2.75, 3.05) is 20.2 Å². The van der Waals surface area contributed by atoms with Crippen LogP contribution < -0.4 is 5.32 Å². The number of rotatable bonds is 3. The summed E-state index contributed by atoms with van der Waals surface area (Å²) in [6.45, 7) is 2.97. The Labute approximate surface area is 111 Å². The van der Waals surface area contributed by atoms with E-state index in [0.29, 0.717) is 0 Å². The third-order valence-electron chi connectivity index (χ3n) is 3.80. The van der Waals surface area contributed by atoms with E-state index in [1.807, 2.05) is 0 Å². The Bertz CT molecular complexity index is 323. The van der Waals surface area contributed by atoms with Gasteiger partial charge in [-0.25, -0.2) is 0 Å². The lowest BCUT2D eigenvalue weighted by atomic mass is 9.92. The molecule has 1 aliphatic rings. The molecule has 1 rings (SSSR count). The number of nitrogens with zero attached hydrogens (tertiary/aromatic N) is 1. The van der Waals surface area contributed by atoms with E-state index in [2.05, 4.69) is 5.32 Å². The fourth-order valence-electron chi connectivity index (χ4n) is 1.98. The molecule has 2 unspecified atom stereocenters. The largest absolute Gasteiger partial charge is 0.394 e. The summed E-state index contributed by atoms with van der Waals surface area (Å²) in [6, 6.07) is -0.602. The molecule has 0 bridgehead atoms. The molecule has 7 heteroatoms. The van der Waals surface area contributed by atoms with Crippen molar-refractivity contribution in [3.8, 4) is 0 Å². The first-order valence-electron chi connectivity index (χ1n) is 6.28. The number of carbonyl (C=O) groups is 1. The quantitative estimate of drug-likeness (QED) is 0.816. The highest BCUT2D eigenvalue weighted by atomic mass is 19.4. The van der Waals surface area contributed by atoms with E-state index < -0.39 is 23.7 Å². The molecule has 4 nitrogen and oxygen atoms in total. The van der Waals surface area contributed by atoms with Gasteiger partial charge in [0.05, 0.1) is 24.1 Å². The number of aliphatic hydroxyl groups is 1. The molecule has 2 N–H and O–H groups in total. The first kappa shape index (κ1) is 16.2. The molecule has 1 amide bonds. The van der Waals surface area contributed by atoms with E-state index >= 15 is 0 Å². The van der Waals surface area contributed by atoms with E-state index in [1.54, 1.807) is 20.9 Å². The van der Waals surface area contributed by atoms with E-state index in [4.69, 9.17) is 0 Å². The molecule has 112 valence electrons. The predicted molar refractivity (Wildman–Crippen MR) is 64.5 cm³/mol. The number of hydrogen-bond acceptors (Lipinski definition) is 3. The molecule has 0 aromatic rings. The van der Waals surface area contributed by atoms with Crippen molar-refractivity contribution < 1.29 is 23.1 Å². The Morgan fingerprint density at radius 2 is 1.95 bits per heavy atom. The van der Waals surface area contributed by atoms with Crippen LogP contribution in [0.5, 0.6) is 0 Å². The van der Waals surface area contributed by atoms with Crippen molar-refractivity contribution in [3.05, 3.63) is 0 Å². The average Bonchev–Trinajstić information content (AvgIpc) is 2.36. The molecule has 1 fully saturated rings. The molecule has 0 saturated carbocycles. The van der Waals surface area contributed by atoms with Gasteiger partial charge < -0.3 is 15.3 Å². The number of piperidine rings is 1. The molecular formula is C12H21F3N2O2. The fraction of sp³-hybridized carbons (Fsp3) is 0.917. The summed E-state index contributed by atoms with van der Waals surface area (Å²) in [4.78, 5) is 13.5. The van der Waals surface area contributed by atoms with Crippen LogP contribution in [-0.4, -0.2) is 53.9 Å². The van der Waals surface area contributed by atoms with E-state index in [9.17, 15) is 23.1 Å². The van der Waals surface area contributed by atoms with Gasteiger partial charge in [0.2, 0.25) is 5.91 Å². The van der Waals surface area contributed by atoms with Crippen molar-refractivity contribution in [1.29, 1.82) is 0 Å². The van der Waals surface area contributed by atoms with Gasteiger partial charge in [-0.05, 0) is 26.7 Å². The van der Waals surface area contributed by atoms with Gasteiger partial charge in [-0.2, -0.15) is 13.2 Å². The van der Waals surface area contributed by atoms with E-state index in [0.717, 1.165) is 0 Å². The van der Waals surface area contributed by atoms with Crippen molar-refractivity contribution >= 4 is 5.91 Å². The Hall–Kier alpha value is -0.820. The lowest BCUT2D eigenvalue weighted by Crippen LogP contribution is -2.57. The van der Waals surface area contributed by atoms with Gasteiger partial charge in [0.15, 0.2) is 0 Å². The van der Waals surface area contributed by atoms with Crippen LogP contribution in [0.1, 0.15) is 26.7 Å². The minimum atomic E-state index is -4.21. The van der Waals surface area contributed by atoms with Crippen molar-refractivity contribution in [1.82, 2.24) is 10.2 Å². The number of hydrogen-bond donors (Lipinski definition) is 2. The Balaban J connectivity index is 2.59. The zero-order chi connectivity index (χ0) is 14.8. The number of amides is 1. The number of nitrogens with one attached hydrogen (secondary N) is 1. The zero-order valence-electron chi connectivity index (χ0n) is 11.4. The number of halogens is 3. The minimum absolute atomic E-state index is 0.0414. The van der Waals surface area contributed by atoms with Crippen LogP contribution in [0.3, 0.4) is 0 Å². The molecular weight excluding hydrogens is 261 g/mol. The molecule has 1 aliphatic heterocycles. The summed E-state index contributed by atoms with van der Waals surface area (Å²) in [5.74, 6) is -1.66. The lowest BCUT2D eigenvalue weighted by molar-refractivity contribution is -0.181. The summed E-state index contributed by atoms with van der Waals surface area (Å²) in [7, 11) is 1.55. The molecule has 19 heavy (non-hydrogen) atoms. The molecule has 0 aromatic carbocycles. The molecule has 0 aromatic heterocycles. The van der Waals surface area contributed by atoms with Crippen LogP contribution in [0.4, 0.5) is 13.2 Å². The van der Waals surface area contributed by atoms with Crippen molar-refractivity contribution in [3.63, 3.8) is 0 Å². The van der Waals surface area contributed by atoms with Crippen molar-refractivity contribution in [2.45, 2.75) is 44.4 Å². The molecule has 0 radical (unpaired) electrons. The highest BCUT2D eigenvalue weighted by Crippen LogP contribution is 2.32. The van der Waals surface area contributed by atoms with Gasteiger partial charge in [-0.3, -0.25) is 4.79 Å². The lowest BCUT2D eigenvalue weighted by Gasteiger charge is -2.38. The molecule has 2 atom stereocenters. The topological polar surface area (TPSA) is 52.6 Å². The van der Waals surface area contributed by atoms with Crippen LogP contribution in [0.25, 0.3) is 0 Å². The minimum Gasteiger partial charge on any atom is -0.394 e. The average molecular weight is 282 g/mol. The first-order valence-corrected chi connectivity index (χ1v) is 6.28. The summed E-state index contributed by atoms with van der Waals surface area (Å²) >= 11 is 0. The molecule has 0 spiro atoms. The maximum absolute atomic E-state index is 12.5. The Kier molecular flexibility index (Phi) is 4.84. The normalized spacial score (nSPS) is 25.2. The van der Waals surface area contributed by atoms with E-state index in [1.165, 1.54) is 4.90 Å². The smallest absolute Gasteiger partial charge is 0.393 e. The summed E-state index contributed by atoms with van der Waals surface area (Å²) < 4.78 is 37.5. The van der Waals surface area contributed by atoms with Gasteiger partial charge in [-0.1, -0.05) is 0 Å². The second-order valence-corrected chi connectivity index (χ2v) is 5.64. The number of aliphatic hydroxyl groups excluding tert-OH is 1. The SMILES string of the molecule is CN(C(=O)C1CCC(C(F)(F)F)CN1)C(C)(C)CO. The third-order valence-corrected chi connectivity index (χ3v) is 3.80. The zero-order valence-corrected chi connectivity index (χ0v) is 11.4. The van der Waals surface area contributed by atoms with Gasteiger partial charge in [-0.15, -0.1) is 0 Å². The van der Waals surface area contributed by atoms with Crippen LogP contribution in [-0.2, 0) is 4.79 Å². The Morgan fingerprint density at radius 1 is 1.37 bits per heavy atom. The highest BCUT2D eigenvalue weighted by Gasteiger charge is 2.43. The number of alkyl halides is 3. The predicted octanol–water partition coefficient (Wildman–Crippen LogP) is 1.15. The number of likely N-dealkylation sites (N-methyl/N-ethyl adjacent to an activating group) is 1.